The van der Waals surface area contributed by atoms with Crippen LogP contribution in [0.15, 0.2) is 48.5 Å². The summed E-state index contributed by atoms with van der Waals surface area (Å²) in [5.41, 5.74) is 2.75. The number of Topliss-reactive ketones (excluding diaryl/α,β-unsaturated/α-hetero) is 1. The number of nitrogens with zero attached hydrogens (tertiary/aromatic N) is 1. The van der Waals surface area contributed by atoms with Crippen molar-refractivity contribution in [3.8, 4) is 5.75 Å². The van der Waals surface area contributed by atoms with Crippen LogP contribution in [0, 0.1) is 5.92 Å². The fourth-order valence-corrected chi connectivity index (χ4v) is 3.58. The van der Waals surface area contributed by atoms with Crippen molar-refractivity contribution in [2.45, 2.75) is 19.4 Å². The number of methoxy groups -OCH3 is 1. The summed E-state index contributed by atoms with van der Waals surface area (Å²) < 4.78 is 5.27. The molecular formula is C21H23NO4. The van der Waals surface area contributed by atoms with Gasteiger partial charge in [-0.05, 0) is 30.2 Å². The Morgan fingerprint density at radius 2 is 1.88 bits per heavy atom. The van der Waals surface area contributed by atoms with E-state index < -0.39 is 11.9 Å². The first kappa shape index (κ1) is 18.1. The van der Waals surface area contributed by atoms with Crippen LogP contribution in [-0.2, 0) is 11.3 Å². The molecule has 3 rings (SSSR count). The standard InChI is InChI=1S/C21H23NO4/c1-14(23)16-8-6-15(7-9-16)11-22-12-19(20(13-22)21(24)25)17-4-3-5-18(10-17)26-2/h3-10,19-20H,11-13H2,1-2H3,(H,24,25)/t19-,20+/m0/s1. The highest BCUT2D eigenvalue weighted by Crippen LogP contribution is 2.35. The van der Waals surface area contributed by atoms with Crippen molar-refractivity contribution in [1.29, 1.82) is 0 Å². The second-order valence-corrected chi connectivity index (χ2v) is 6.78. The molecule has 0 aromatic heterocycles. The van der Waals surface area contributed by atoms with E-state index in [0.717, 1.165) is 16.9 Å². The van der Waals surface area contributed by atoms with Crippen molar-refractivity contribution in [2.24, 2.45) is 5.92 Å². The smallest absolute Gasteiger partial charge is 0.308 e. The third-order valence-electron chi connectivity index (χ3n) is 5.00. The molecule has 1 N–H and O–H groups in total. The Balaban J connectivity index is 1.76. The lowest BCUT2D eigenvalue weighted by atomic mass is 9.89. The average molecular weight is 353 g/mol. The second kappa shape index (κ2) is 7.70. The number of likely N-dealkylation sites (tertiary alicyclic amines) is 1. The largest absolute Gasteiger partial charge is 0.497 e. The molecule has 0 aliphatic carbocycles. The summed E-state index contributed by atoms with van der Waals surface area (Å²) in [7, 11) is 1.61. The van der Waals surface area contributed by atoms with Gasteiger partial charge in [0.1, 0.15) is 5.75 Å². The first-order chi connectivity index (χ1) is 12.5. The lowest BCUT2D eigenvalue weighted by Crippen LogP contribution is -2.23. The van der Waals surface area contributed by atoms with Gasteiger partial charge in [-0.3, -0.25) is 14.5 Å². The maximum Gasteiger partial charge on any atom is 0.308 e. The number of hydrogen-bond donors (Lipinski definition) is 1. The molecule has 5 nitrogen and oxygen atoms in total. The number of aliphatic carboxylic acids is 1. The van der Waals surface area contributed by atoms with Crippen molar-refractivity contribution in [3.63, 3.8) is 0 Å². The minimum atomic E-state index is -0.771. The molecule has 0 unspecified atom stereocenters. The maximum atomic E-state index is 11.8. The number of rotatable bonds is 6. The summed E-state index contributed by atoms with van der Waals surface area (Å²) >= 11 is 0. The van der Waals surface area contributed by atoms with Gasteiger partial charge in [-0.25, -0.2) is 0 Å². The molecular weight excluding hydrogens is 330 g/mol. The van der Waals surface area contributed by atoms with Crippen LogP contribution in [0.4, 0.5) is 0 Å². The zero-order valence-electron chi connectivity index (χ0n) is 15.0. The van der Waals surface area contributed by atoms with Gasteiger partial charge < -0.3 is 9.84 Å². The van der Waals surface area contributed by atoms with Gasteiger partial charge in [0, 0.05) is 31.1 Å². The van der Waals surface area contributed by atoms with Crippen molar-refractivity contribution >= 4 is 11.8 Å². The van der Waals surface area contributed by atoms with Crippen molar-refractivity contribution in [1.82, 2.24) is 4.90 Å². The van der Waals surface area contributed by atoms with Crippen LogP contribution in [-0.4, -0.2) is 42.0 Å². The first-order valence-corrected chi connectivity index (χ1v) is 8.67. The van der Waals surface area contributed by atoms with E-state index in [-0.39, 0.29) is 11.7 Å². The van der Waals surface area contributed by atoms with Crippen molar-refractivity contribution in [2.75, 3.05) is 20.2 Å². The minimum Gasteiger partial charge on any atom is -0.497 e. The zero-order chi connectivity index (χ0) is 18.7. The van der Waals surface area contributed by atoms with E-state index in [0.29, 0.717) is 25.2 Å². The van der Waals surface area contributed by atoms with Gasteiger partial charge in [-0.15, -0.1) is 0 Å². The highest BCUT2D eigenvalue weighted by Gasteiger charge is 2.38. The Morgan fingerprint density at radius 3 is 2.50 bits per heavy atom. The quantitative estimate of drug-likeness (QED) is 0.808. The van der Waals surface area contributed by atoms with Gasteiger partial charge in [0.05, 0.1) is 13.0 Å². The van der Waals surface area contributed by atoms with Gasteiger partial charge in [-0.1, -0.05) is 36.4 Å². The summed E-state index contributed by atoms with van der Waals surface area (Å²) in [4.78, 5) is 25.3. The van der Waals surface area contributed by atoms with Crippen LogP contribution < -0.4 is 4.74 Å². The number of benzene rings is 2. The molecule has 1 fully saturated rings. The highest BCUT2D eigenvalue weighted by molar-refractivity contribution is 5.94. The van der Waals surface area contributed by atoms with Gasteiger partial charge >= 0.3 is 5.97 Å². The molecule has 2 aromatic carbocycles. The second-order valence-electron chi connectivity index (χ2n) is 6.78. The molecule has 2 aromatic rings. The normalized spacial score (nSPS) is 20.1. The number of hydrogen-bond acceptors (Lipinski definition) is 4. The first-order valence-electron chi connectivity index (χ1n) is 8.67. The number of carboxylic acids is 1. The molecule has 1 aliphatic rings. The molecule has 1 saturated heterocycles. The van der Waals surface area contributed by atoms with Crippen molar-refractivity contribution < 1.29 is 19.4 Å². The third kappa shape index (κ3) is 3.94. The lowest BCUT2D eigenvalue weighted by Gasteiger charge is -2.17. The Morgan fingerprint density at radius 1 is 1.15 bits per heavy atom. The predicted octanol–water partition coefficient (Wildman–Crippen LogP) is 3.20. The Bertz CT molecular complexity index is 800. The van der Waals surface area contributed by atoms with Crippen LogP contribution in [0.2, 0.25) is 0 Å². The zero-order valence-corrected chi connectivity index (χ0v) is 15.0. The van der Waals surface area contributed by atoms with E-state index in [1.54, 1.807) is 14.0 Å². The monoisotopic (exact) mass is 353 g/mol. The van der Waals surface area contributed by atoms with Gasteiger partial charge in [0.15, 0.2) is 5.78 Å². The van der Waals surface area contributed by atoms with Gasteiger partial charge in [0.25, 0.3) is 0 Å². The van der Waals surface area contributed by atoms with E-state index in [1.807, 2.05) is 48.5 Å². The molecule has 2 atom stereocenters. The Hall–Kier alpha value is -2.66. The molecule has 0 amide bonds. The van der Waals surface area contributed by atoms with Gasteiger partial charge in [0.2, 0.25) is 0 Å². The van der Waals surface area contributed by atoms with Crippen LogP contribution in [0.3, 0.4) is 0 Å². The molecule has 0 bridgehead atoms. The molecule has 26 heavy (non-hydrogen) atoms. The molecule has 0 radical (unpaired) electrons. The summed E-state index contributed by atoms with van der Waals surface area (Å²) in [6.07, 6.45) is 0. The summed E-state index contributed by atoms with van der Waals surface area (Å²) in [5.74, 6) is -0.503. The van der Waals surface area contributed by atoms with Crippen LogP contribution in [0.1, 0.15) is 34.3 Å². The van der Waals surface area contributed by atoms with Crippen LogP contribution >= 0.6 is 0 Å². The van der Waals surface area contributed by atoms with Gasteiger partial charge in [-0.2, -0.15) is 0 Å². The summed E-state index contributed by atoms with van der Waals surface area (Å²) in [6, 6.07) is 15.2. The Labute approximate surface area is 153 Å². The maximum absolute atomic E-state index is 11.8. The summed E-state index contributed by atoms with van der Waals surface area (Å²) in [6.45, 7) is 3.40. The predicted molar refractivity (Wildman–Crippen MR) is 98.6 cm³/mol. The third-order valence-corrected chi connectivity index (χ3v) is 5.00. The topological polar surface area (TPSA) is 66.8 Å². The van der Waals surface area contributed by atoms with Crippen LogP contribution in [0.5, 0.6) is 5.75 Å². The molecule has 1 aliphatic heterocycles. The molecule has 136 valence electrons. The van der Waals surface area contributed by atoms with E-state index >= 15 is 0 Å². The average Bonchev–Trinajstić information content (AvgIpc) is 3.06. The molecule has 0 saturated carbocycles. The number of ether oxygens (including phenoxy) is 1. The van der Waals surface area contributed by atoms with E-state index in [1.165, 1.54) is 0 Å². The fraction of sp³-hybridized carbons (Fsp3) is 0.333. The molecule has 1 heterocycles. The van der Waals surface area contributed by atoms with Crippen molar-refractivity contribution in [3.05, 3.63) is 65.2 Å². The summed E-state index contributed by atoms with van der Waals surface area (Å²) in [5, 5.41) is 9.66. The lowest BCUT2D eigenvalue weighted by molar-refractivity contribution is -0.141. The fourth-order valence-electron chi connectivity index (χ4n) is 3.58. The molecule has 0 spiro atoms. The number of carbonyl (C=O) groups is 2. The number of ketones is 1. The van der Waals surface area contributed by atoms with E-state index in [9.17, 15) is 14.7 Å². The van der Waals surface area contributed by atoms with Crippen LogP contribution in [0.25, 0.3) is 0 Å². The number of carboxylic acid groups (broad SMARTS) is 1. The van der Waals surface area contributed by atoms with E-state index in [4.69, 9.17) is 4.74 Å². The highest BCUT2D eigenvalue weighted by atomic mass is 16.5. The SMILES string of the molecule is COc1cccc([C@@H]2CN(Cc3ccc(C(C)=O)cc3)C[C@H]2C(=O)O)c1. The Kier molecular flexibility index (Phi) is 5.38. The number of carbonyl (C=O) groups excluding carboxylic acids is 1. The minimum absolute atomic E-state index is 0.0433. The molecule has 5 heteroatoms. The van der Waals surface area contributed by atoms with E-state index in [2.05, 4.69) is 4.90 Å².